The smallest absolute Gasteiger partial charge is 0.231 e. The molecule has 1 saturated heterocycles. The van der Waals surface area contributed by atoms with Crippen LogP contribution in [0.2, 0.25) is 0 Å². The summed E-state index contributed by atoms with van der Waals surface area (Å²) >= 11 is 1.71. The molecular weight excluding hydrogens is 362 g/mol. The maximum atomic E-state index is 12.4. The number of fused-ring (bicyclic) bond motifs is 2. The molecule has 7 heteroatoms. The van der Waals surface area contributed by atoms with E-state index < -0.39 is 0 Å². The van der Waals surface area contributed by atoms with E-state index in [0.717, 1.165) is 59.3 Å². The summed E-state index contributed by atoms with van der Waals surface area (Å²) in [6, 6.07) is 4.00. The van der Waals surface area contributed by atoms with Crippen LogP contribution in [0.5, 0.6) is 11.5 Å². The van der Waals surface area contributed by atoms with Crippen molar-refractivity contribution in [3.05, 3.63) is 12.1 Å². The number of hydrogen-bond donors (Lipinski definition) is 0. The van der Waals surface area contributed by atoms with Gasteiger partial charge in [0.1, 0.15) is 0 Å². The highest BCUT2D eigenvalue weighted by Gasteiger charge is 2.28. The van der Waals surface area contributed by atoms with Crippen LogP contribution >= 0.6 is 11.3 Å². The van der Waals surface area contributed by atoms with Crippen molar-refractivity contribution in [1.82, 2.24) is 9.88 Å². The third-order valence-corrected chi connectivity index (χ3v) is 6.36. The van der Waals surface area contributed by atoms with Gasteiger partial charge in [-0.15, -0.1) is 0 Å². The topological polar surface area (TPSA) is 54.9 Å². The summed E-state index contributed by atoms with van der Waals surface area (Å²) in [5.41, 5.74) is 0.654. The Bertz CT molecular complexity index is 809. The van der Waals surface area contributed by atoms with Crippen molar-refractivity contribution in [2.75, 3.05) is 38.4 Å². The van der Waals surface area contributed by atoms with Crippen LogP contribution in [-0.2, 0) is 4.79 Å². The van der Waals surface area contributed by atoms with Gasteiger partial charge in [-0.1, -0.05) is 32.1 Å². The third kappa shape index (κ3) is 3.70. The Hall–Kier alpha value is -2.02. The van der Waals surface area contributed by atoms with Crippen molar-refractivity contribution in [1.29, 1.82) is 0 Å². The number of amides is 1. The first-order chi connectivity index (χ1) is 12.8. The number of hydrogen-bond acceptors (Lipinski definition) is 6. The van der Waals surface area contributed by atoms with E-state index in [1.54, 1.807) is 11.3 Å². The summed E-state index contributed by atoms with van der Waals surface area (Å²) in [5, 5.41) is 1.06. The van der Waals surface area contributed by atoms with Crippen molar-refractivity contribution >= 4 is 32.6 Å². The van der Waals surface area contributed by atoms with Crippen molar-refractivity contribution in [3.63, 3.8) is 0 Å². The summed E-state index contributed by atoms with van der Waals surface area (Å²) in [6.07, 6.45) is 2.17. The average molecular weight is 390 g/mol. The molecule has 146 valence electrons. The molecule has 2 aliphatic heterocycles. The number of thiazole rings is 1. The minimum absolute atomic E-state index is 0.216. The van der Waals surface area contributed by atoms with Crippen molar-refractivity contribution in [2.45, 2.75) is 33.6 Å². The van der Waals surface area contributed by atoms with Gasteiger partial charge in [0.05, 0.1) is 10.2 Å². The zero-order valence-corrected chi connectivity index (χ0v) is 17.3. The van der Waals surface area contributed by atoms with Crippen molar-refractivity contribution < 1.29 is 14.3 Å². The number of aromatic nitrogens is 1. The highest BCUT2D eigenvalue weighted by molar-refractivity contribution is 7.22. The van der Waals surface area contributed by atoms with E-state index in [0.29, 0.717) is 12.7 Å². The fourth-order valence-electron chi connectivity index (χ4n) is 3.79. The molecule has 1 fully saturated rings. The van der Waals surface area contributed by atoms with Gasteiger partial charge in [0.2, 0.25) is 12.7 Å². The minimum Gasteiger partial charge on any atom is -0.454 e. The predicted octanol–water partition coefficient (Wildman–Crippen LogP) is 3.75. The molecule has 1 amide bonds. The summed E-state index contributed by atoms with van der Waals surface area (Å²) in [7, 11) is 1.93. The molecule has 0 N–H and O–H groups in total. The Labute approximate surface area is 164 Å². The van der Waals surface area contributed by atoms with Gasteiger partial charge >= 0.3 is 0 Å². The molecule has 1 aromatic carbocycles. The Kier molecular flexibility index (Phi) is 4.66. The monoisotopic (exact) mass is 389 g/mol. The second-order valence-corrected chi connectivity index (χ2v) is 9.54. The first-order valence-electron chi connectivity index (χ1n) is 9.52. The third-order valence-electron chi connectivity index (χ3n) is 5.28. The molecule has 0 unspecified atom stereocenters. The quantitative estimate of drug-likeness (QED) is 0.800. The van der Waals surface area contributed by atoms with E-state index in [2.05, 4.69) is 4.90 Å². The SMILES string of the molecule is CN(CC1CCN(c2nc3cc4c(cc3s2)OCO4)CC1)C(=O)C(C)(C)C. The first-order valence-corrected chi connectivity index (χ1v) is 10.3. The standard InChI is InChI=1S/C20H27N3O3S/c1-20(2,3)18(24)22(4)11-13-5-7-23(8-6-13)19-21-14-9-15-16(26-12-25-15)10-17(14)27-19/h9-10,13H,5-8,11-12H2,1-4H3. The van der Waals surface area contributed by atoms with Crippen LogP contribution in [0.25, 0.3) is 10.2 Å². The van der Waals surface area contributed by atoms with Gasteiger partial charge in [0.15, 0.2) is 16.6 Å². The lowest BCUT2D eigenvalue weighted by atomic mass is 9.92. The molecule has 0 spiro atoms. The van der Waals surface area contributed by atoms with E-state index in [9.17, 15) is 4.79 Å². The van der Waals surface area contributed by atoms with Crippen LogP contribution in [0.15, 0.2) is 12.1 Å². The van der Waals surface area contributed by atoms with Gasteiger partial charge in [-0.05, 0) is 18.8 Å². The van der Waals surface area contributed by atoms with Gasteiger partial charge in [-0.25, -0.2) is 4.98 Å². The van der Waals surface area contributed by atoms with Crippen molar-refractivity contribution in [3.8, 4) is 11.5 Å². The molecule has 0 radical (unpaired) electrons. The zero-order chi connectivity index (χ0) is 19.2. The van der Waals surface area contributed by atoms with Crippen LogP contribution in [0, 0.1) is 11.3 Å². The summed E-state index contributed by atoms with van der Waals surface area (Å²) < 4.78 is 12.0. The number of anilines is 1. The Balaban J connectivity index is 1.38. The molecule has 0 saturated carbocycles. The molecule has 4 rings (SSSR count). The van der Waals surface area contributed by atoms with Gasteiger partial charge < -0.3 is 19.3 Å². The summed E-state index contributed by atoms with van der Waals surface area (Å²) in [5.74, 6) is 2.36. The average Bonchev–Trinajstić information content (AvgIpc) is 3.24. The highest BCUT2D eigenvalue weighted by Crippen LogP contribution is 2.40. The molecule has 0 aliphatic carbocycles. The number of ether oxygens (including phenoxy) is 2. The molecule has 0 bridgehead atoms. The lowest BCUT2D eigenvalue weighted by Crippen LogP contribution is -2.42. The lowest BCUT2D eigenvalue weighted by molar-refractivity contribution is -0.138. The number of rotatable bonds is 3. The maximum Gasteiger partial charge on any atom is 0.231 e. The minimum atomic E-state index is -0.315. The largest absolute Gasteiger partial charge is 0.454 e. The Morgan fingerprint density at radius 3 is 2.59 bits per heavy atom. The van der Waals surface area contributed by atoms with Crippen molar-refractivity contribution in [2.24, 2.45) is 11.3 Å². The number of benzene rings is 1. The van der Waals surface area contributed by atoms with E-state index >= 15 is 0 Å². The molecule has 3 heterocycles. The summed E-state index contributed by atoms with van der Waals surface area (Å²) in [4.78, 5) is 21.5. The molecular formula is C20H27N3O3S. The normalized spacial score (nSPS) is 17.6. The molecule has 0 atom stereocenters. The second-order valence-electron chi connectivity index (χ2n) is 8.54. The number of carbonyl (C=O) groups is 1. The molecule has 2 aromatic rings. The molecule has 2 aliphatic rings. The Morgan fingerprint density at radius 2 is 1.93 bits per heavy atom. The van der Waals surface area contributed by atoms with Crippen LogP contribution in [0.1, 0.15) is 33.6 Å². The summed E-state index contributed by atoms with van der Waals surface area (Å²) in [6.45, 7) is 9.03. The van der Waals surface area contributed by atoms with E-state index in [-0.39, 0.29) is 11.3 Å². The Morgan fingerprint density at radius 1 is 1.26 bits per heavy atom. The van der Waals surface area contributed by atoms with Gasteiger partial charge in [0, 0.05) is 44.2 Å². The lowest BCUT2D eigenvalue weighted by Gasteiger charge is -2.35. The molecule has 6 nitrogen and oxygen atoms in total. The first kappa shape index (κ1) is 18.3. The zero-order valence-electron chi connectivity index (χ0n) is 16.4. The number of piperidine rings is 1. The van der Waals surface area contributed by atoms with E-state index in [4.69, 9.17) is 14.5 Å². The molecule has 27 heavy (non-hydrogen) atoms. The number of nitrogens with zero attached hydrogens (tertiary/aromatic N) is 3. The maximum absolute atomic E-state index is 12.4. The highest BCUT2D eigenvalue weighted by atomic mass is 32.1. The number of carbonyl (C=O) groups excluding carboxylic acids is 1. The van der Waals surface area contributed by atoms with Crippen LogP contribution in [0.3, 0.4) is 0 Å². The fraction of sp³-hybridized carbons (Fsp3) is 0.600. The van der Waals surface area contributed by atoms with E-state index in [1.165, 1.54) is 0 Å². The van der Waals surface area contributed by atoms with Gasteiger partial charge in [0.25, 0.3) is 0 Å². The van der Waals surface area contributed by atoms with Crippen LogP contribution in [-0.4, -0.2) is 49.3 Å². The predicted molar refractivity (Wildman–Crippen MR) is 108 cm³/mol. The van der Waals surface area contributed by atoms with Gasteiger partial charge in [-0.2, -0.15) is 0 Å². The fourth-order valence-corrected chi connectivity index (χ4v) is 4.82. The second kappa shape index (κ2) is 6.86. The van der Waals surface area contributed by atoms with E-state index in [1.807, 2.05) is 44.9 Å². The molecule has 1 aromatic heterocycles. The van der Waals surface area contributed by atoms with Crippen LogP contribution < -0.4 is 14.4 Å². The van der Waals surface area contributed by atoms with Gasteiger partial charge in [-0.3, -0.25) is 4.79 Å². The van der Waals surface area contributed by atoms with Crippen LogP contribution in [0.4, 0.5) is 5.13 Å².